The van der Waals surface area contributed by atoms with Gasteiger partial charge in [0.15, 0.2) is 0 Å². The predicted molar refractivity (Wildman–Crippen MR) is 89.3 cm³/mol. The summed E-state index contributed by atoms with van der Waals surface area (Å²) in [5, 5.41) is 0. The number of fused-ring (bicyclic) bond motifs is 1. The summed E-state index contributed by atoms with van der Waals surface area (Å²) < 4.78 is 0. The van der Waals surface area contributed by atoms with E-state index in [9.17, 15) is 0 Å². The lowest BCUT2D eigenvalue weighted by Gasteiger charge is -2.51. The van der Waals surface area contributed by atoms with Crippen LogP contribution in [-0.2, 0) is 0 Å². The molecule has 3 heteroatoms. The molecule has 5 unspecified atom stereocenters. The molecule has 0 aromatic rings. The number of nitrogens with two attached hydrogens (primary N) is 1. The minimum atomic E-state index is 0.388. The molecule has 0 radical (unpaired) electrons. The highest BCUT2D eigenvalue weighted by atomic mass is 15.3. The van der Waals surface area contributed by atoms with Crippen LogP contribution in [0.25, 0.3) is 0 Å². The molecular formula is C18H35N3. The van der Waals surface area contributed by atoms with E-state index in [1.807, 2.05) is 0 Å². The molecule has 3 rings (SSSR count). The Bertz CT molecular complexity index is 362. The van der Waals surface area contributed by atoms with Crippen molar-refractivity contribution >= 4 is 0 Å². The summed E-state index contributed by atoms with van der Waals surface area (Å²) in [4.78, 5) is 5.51. The van der Waals surface area contributed by atoms with Gasteiger partial charge in [-0.2, -0.15) is 0 Å². The fourth-order valence-electron chi connectivity index (χ4n) is 5.01. The third-order valence-corrected chi connectivity index (χ3v) is 6.50. The lowest BCUT2D eigenvalue weighted by atomic mass is 9.69. The van der Waals surface area contributed by atoms with Crippen LogP contribution in [0, 0.1) is 11.3 Å². The Morgan fingerprint density at radius 3 is 2.52 bits per heavy atom. The Morgan fingerprint density at radius 1 is 1.05 bits per heavy atom. The van der Waals surface area contributed by atoms with Gasteiger partial charge in [0.1, 0.15) is 0 Å². The molecule has 2 heterocycles. The van der Waals surface area contributed by atoms with Gasteiger partial charge in [0.05, 0.1) is 0 Å². The van der Waals surface area contributed by atoms with Gasteiger partial charge in [-0.3, -0.25) is 9.80 Å². The van der Waals surface area contributed by atoms with Gasteiger partial charge >= 0.3 is 0 Å². The normalized spacial score (nSPS) is 43.0. The minimum Gasteiger partial charge on any atom is -0.326 e. The second-order valence-corrected chi connectivity index (χ2v) is 8.94. The number of nitrogens with zero attached hydrogens (tertiary/aromatic N) is 2. The molecule has 0 amide bonds. The first-order valence-electron chi connectivity index (χ1n) is 9.11. The van der Waals surface area contributed by atoms with Crippen LogP contribution in [0.4, 0.5) is 0 Å². The summed E-state index contributed by atoms with van der Waals surface area (Å²) in [6.45, 7) is 13.5. The van der Waals surface area contributed by atoms with Crippen LogP contribution >= 0.6 is 0 Å². The van der Waals surface area contributed by atoms with Crippen molar-refractivity contribution in [3.8, 4) is 0 Å². The van der Waals surface area contributed by atoms with E-state index in [1.165, 1.54) is 51.7 Å². The highest BCUT2D eigenvalue weighted by molar-refractivity contribution is 4.99. The first-order chi connectivity index (χ1) is 9.86. The van der Waals surface area contributed by atoms with Crippen LogP contribution in [0.15, 0.2) is 0 Å². The van der Waals surface area contributed by atoms with E-state index in [4.69, 9.17) is 5.73 Å². The van der Waals surface area contributed by atoms with Gasteiger partial charge in [-0.1, -0.05) is 20.8 Å². The van der Waals surface area contributed by atoms with Crippen molar-refractivity contribution in [2.45, 2.75) is 84.0 Å². The summed E-state index contributed by atoms with van der Waals surface area (Å²) in [6, 6.07) is 2.48. The zero-order valence-electron chi connectivity index (χ0n) is 14.5. The molecule has 0 bridgehead atoms. The molecule has 3 fully saturated rings. The van der Waals surface area contributed by atoms with Crippen LogP contribution in [0.2, 0.25) is 0 Å². The Kier molecular flexibility index (Phi) is 4.37. The number of hydrogen-bond donors (Lipinski definition) is 1. The lowest BCUT2D eigenvalue weighted by Crippen LogP contribution is -2.63. The van der Waals surface area contributed by atoms with Crippen molar-refractivity contribution in [3.63, 3.8) is 0 Å². The van der Waals surface area contributed by atoms with E-state index in [2.05, 4.69) is 37.5 Å². The zero-order chi connectivity index (χ0) is 15.2. The summed E-state index contributed by atoms with van der Waals surface area (Å²) in [5.41, 5.74) is 6.99. The molecule has 2 N–H and O–H groups in total. The highest BCUT2D eigenvalue weighted by Gasteiger charge is 2.42. The molecule has 2 aliphatic heterocycles. The molecule has 3 aliphatic rings. The Hall–Kier alpha value is -0.120. The van der Waals surface area contributed by atoms with Gasteiger partial charge in [0, 0.05) is 37.3 Å². The van der Waals surface area contributed by atoms with E-state index >= 15 is 0 Å². The van der Waals surface area contributed by atoms with E-state index in [0.29, 0.717) is 23.5 Å². The van der Waals surface area contributed by atoms with Gasteiger partial charge in [-0.05, 0) is 56.9 Å². The minimum absolute atomic E-state index is 0.388. The molecule has 122 valence electrons. The molecule has 0 aromatic carbocycles. The maximum Gasteiger partial charge on any atom is 0.0254 e. The molecule has 3 nitrogen and oxygen atoms in total. The quantitative estimate of drug-likeness (QED) is 0.807. The molecule has 0 spiro atoms. The molecule has 21 heavy (non-hydrogen) atoms. The van der Waals surface area contributed by atoms with Gasteiger partial charge in [-0.25, -0.2) is 0 Å². The van der Waals surface area contributed by atoms with Crippen LogP contribution in [0.3, 0.4) is 0 Å². The number of piperazine rings is 1. The molecule has 2 saturated heterocycles. The van der Waals surface area contributed by atoms with E-state index in [-0.39, 0.29) is 0 Å². The van der Waals surface area contributed by atoms with Crippen molar-refractivity contribution in [3.05, 3.63) is 0 Å². The summed E-state index contributed by atoms with van der Waals surface area (Å²) in [6.07, 6.45) is 6.63. The Morgan fingerprint density at radius 2 is 1.81 bits per heavy atom. The Balaban J connectivity index is 1.71. The number of rotatable bonds is 1. The largest absolute Gasteiger partial charge is 0.326 e. The molecular weight excluding hydrogens is 258 g/mol. The fraction of sp³-hybridized carbons (Fsp3) is 1.00. The first kappa shape index (κ1) is 15.8. The Labute approximate surface area is 131 Å². The average molecular weight is 293 g/mol. The zero-order valence-corrected chi connectivity index (χ0v) is 14.5. The SMILES string of the molecule is CC1CN2CCCC2CN1C1CC(C(C)(C)C)CCC1N. The second kappa shape index (κ2) is 5.82. The van der Waals surface area contributed by atoms with Crippen LogP contribution in [-0.4, -0.2) is 53.6 Å². The molecule has 5 atom stereocenters. The van der Waals surface area contributed by atoms with Crippen LogP contribution < -0.4 is 5.73 Å². The van der Waals surface area contributed by atoms with E-state index < -0.39 is 0 Å². The maximum atomic E-state index is 6.56. The standard InChI is InChI=1S/C18H35N3/c1-13-11-20-9-5-6-15(20)12-21(13)17-10-14(18(2,3)4)7-8-16(17)19/h13-17H,5-12,19H2,1-4H3. The van der Waals surface area contributed by atoms with Crippen molar-refractivity contribution in [2.75, 3.05) is 19.6 Å². The van der Waals surface area contributed by atoms with Crippen LogP contribution in [0.5, 0.6) is 0 Å². The third kappa shape index (κ3) is 3.16. The van der Waals surface area contributed by atoms with Crippen molar-refractivity contribution < 1.29 is 0 Å². The summed E-state index contributed by atoms with van der Waals surface area (Å²) in [7, 11) is 0. The van der Waals surface area contributed by atoms with Gasteiger partial charge in [0.25, 0.3) is 0 Å². The maximum absolute atomic E-state index is 6.56. The first-order valence-corrected chi connectivity index (χ1v) is 9.11. The van der Waals surface area contributed by atoms with Gasteiger partial charge in [-0.15, -0.1) is 0 Å². The summed E-state index contributed by atoms with van der Waals surface area (Å²) >= 11 is 0. The van der Waals surface area contributed by atoms with Crippen LogP contribution in [0.1, 0.15) is 59.8 Å². The predicted octanol–water partition coefficient (Wildman–Crippen LogP) is 2.70. The molecule has 1 aliphatic carbocycles. The van der Waals surface area contributed by atoms with Crippen molar-refractivity contribution in [2.24, 2.45) is 17.1 Å². The molecule has 1 saturated carbocycles. The second-order valence-electron chi connectivity index (χ2n) is 8.94. The highest BCUT2D eigenvalue weighted by Crippen LogP contribution is 2.40. The van der Waals surface area contributed by atoms with Crippen molar-refractivity contribution in [1.82, 2.24) is 9.80 Å². The monoisotopic (exact) mass is 293 g/mol. The summed E-state index contributed by atoms with van der Waals surface area (Å²) in [5.74, 6) is 0.830. The van der Waals surface area contributed by atoms with E-state index in [1.54, 1.807) is 0 Å². The van der Waals surface area contributed by atoms with E-state index in [0.717, 1.165) is 12.0 Å². The fourth-order valence-corrected chi connectivity index (χ4v) is 5.01. The van der Waals surface area contributed by atoms with Gasteiger partial charge < -0.3 is 5.73 Å². The number of hydrogen-bond acceptors (Lipinski definition) is 3. The van der Waals surface area contributed by atoms with Crippen molar-refractivity contribution in [1.29, 1.82) is 0 Å². The smallest absolute Gasteiger partial charge is 0.0254 e. The molecule has 0 aromatic heterocycles. The topological polar surface area (TPSA) is 32.5 Å². The lowest BCUT2D eigenvalue weighted by molar-refractivity contribution is -0.0108. The average Bonchev–Trinajstić information content (AvgIpc) is 2.84. The van der Waals surface area contributed by atoms with Gasteiger partial charge in [0.2, 0.25) is 0 Å². The third-order valence-electron chi connectivity index (χ3n) is 6.50.